The number of hydrogen-bond acceptors (Lipinski definition) is 22. The number of esters is 2. The number of methoxy groups -OCH3 is 2. The zero-order chi connectivity index (χ0) is 92.9. The molecule has 6 amide bonds. The summed E-state index contributed by atoms with van der Waals surface area (Å²) < 4.78 is 76.7. The number of unbranched alkanes of at least 4 members (excludes halogenated alkanes) is 2. The van der Waals surface area contributed by atoms with E-state index in [1.54, 1.807) is 98.9 Å². The van der Waals surface area contributed by atoms with E-state index < -0.39 is 154 Å². The van der Waals surface area contributed by atoms with Crippen LogP contribution in [-0.2, 0) is 99.2 Å². The van der Waals surface area contributed by atoms with Gasteiger partial charge in [-0.25, -0.2) is 23.5 Å². The summed E-state index contributed by atoms with van der Waals surface area (Å²) in [5.41, 5.74) is 3.32. The van der Waals surface area contributed by atoms with Gasteiger partial charge in [0.15, 0.2) is 0 Å². The van der Waals surface area contributed by atoms with Crippen LogP contribution >= 0.6 is 163 Å². The second kappa shape index (κ2) is 55.6. The number of ether oxygens (including phenoxy) is 5. The molecule has 5 rings (SSSR count). The summed E-state index contributed by atoms with van der Waals surface area (Å²) >= 11 is 17.9. The lowest BCUT2D eigenvalue weighted by Gasteiger charge is -2.26. The molecule has 5 aromatic carbocycles. The first kappa shape index (κ1) is 112. The molecule has 0 fully saturated rings. The Labute approximate surface area is 804 Å². The molecule has 0 radical (unpaired) electrons. The Kier molecular flexibility index (Phi) is 50.6. The number of halogens is 7. The zero-order valence-corrected chi connectivity index (χ0v) is 86.1. The molecule has 8 atom stereocenters. The lowest BCUT2D eigenvalue weighted by Crippen LogP contribution is -2.51. The van der Waals surface area contributed by atoms with Crippen molar-refractivity contribution in [1.29, 1.82) is 0 Å². The number of rotatable bonds is 46. The number of hydrogen-bond donors (Lipinski definition) is 10. The van der Waals surface area contributed by atoms with E-state index in [1.807, 2.05) is 99.8 Å². The summed E-state index contributed by atoms with van der Waals surface area (Å²) in [5, 5.41) is 32.8. The van der Waals surface area contributed by atoms with Crippen LogP contribution in [0.2, 0.25) is 0 Å². The van der Waals surface area contributed by atoms with Gasteiger partial charge in [-0.1, -0.05) is 107 Å². The van der Waals surface area contributed by atoms with Gasteiger partial charge in [0.05, 0.1) is 103 Å². The van der Waals surface area contributed by atoms with E-state index in [1.165, 1.54) is 7.11 Å². The fraction of sp³-hybridized carbons (Fsp3) is 0.500. The number of phosphoric acid groups is 2. The van der Waals surface area contributed by atoms with Crippen LogP contribution in [0, 0.1) is 33.3 Å². The monoisotopic (exact) mass is 2450 g/mol. The number of alkyl carbamates (subject to hydrolysis) is 1. The minimum absolute atomic E-state index is 0.0949. The van der Waals surface area contributed by atoms with Gasteiger partial charge in [-0.3, -0.25) is 56.5 Å². The Bertz CT molecular complexity index is 4470. The number of carbonyl (C=O) groups excluding carboxylic acids is 9. The maximum Gasteiger partial charge on any atom is 0.472 e. The highest BCUT2D eigenvalue weighted by molar-refractivity contribution is 14.1. The van der Waals surface area contributed by atoms with E-state index in [2.05, 4.69) is 150 Å². The van der Waals surface area contributed by atoms with Crippen molar-refractivity contribution in [2.24, 2.45) is 11.8 Å². The Morgan fingerprint density at radius 3 is 1.21 bits per heavy atom. The summed E-state index contributed by atoms with van der Waals surface area (Å²) in [6.07, 6.45) is 0.0899. The molecular weight excluding hydrogens is 2340 g/mol. The van der Waals surface area contributed by atoms with Crippen LogP contribution in [0.5, 0.6) is 11.5 Å². The van der Waals surface area contributed by atoms with E-state index in [0.29, 0.717) is 41.6 Å². The topological polar surface area (TPSA) is 458 Å². The number of aliphatic carboxylic acids is 2. The van der Waals surface area contributed by atoms with Gasteiger partial charge in [-0.15, -0.1) is 0 Å². The molecule has 5 aromatic rings. The predicted octanol–water partition coefficient (Wildman–Crippen LogP) is 15.2. The summed E-state index contributed by atoms with van der Waals surface area (Å²) in [5.74, 6) is -5.88. The molecule has 0 aliphatic heterocycles. The Hall–Kier alpha value is -5.24. The fourth-order valence-corrected chi connectivity index (χ4v) is 21.6. The zero-order valence-electron chi connectivity index (χ0n) is 70.6. The highest BCUT2D eigenvalue weighted by Crippen LogP contribution is 2.45. The van der Waals surface area contributed by atoms with E-state index in [4.69, 9.17) is 63.6 Å². The number of carbonyl (C=O) groups is 11. The van der Waals surface area contributed by atoms with Gasteiger partial charge < -0.3 is 75.6 Å². The van der Waals surface area contributed by atoms with Crippen molar-refractivity contribution in [2.45, 2.75) is 201 Å². The second-order valence-electron chi connectivity index (χ2n) is 30.7. The summed E-state index contributed by atoms with van der Waals surface area (Å²) in [7, 11) is -6.29. The number of amides is 6. The van der Waals surface area contributed by atoms with Crippen molar-refractivity contribution in [3.8, 4) is 11.5 Å². The maximum absolute atomic E-state index is 13.7. The first-order chi connectivity index (χ1) is 57.3. The van der Waals surface area contributed by atoms with E-state index >= 15 is 0 Å². The molecule has 0 aliphatic rings. The van der Waals surface area contributed by atoms with Gasteiger partial charge in [0.2, 0.25) is 23.6 Å². The third kappa shape index (κ3) is 44.6. The quantitative estimate of drug-likeness (QED) is 0.00432. The van der Waals surface area contributed by atoms with Crippen LogP contribution in [0.25, 0.3) is 0 Å². The van der Waals surface area contributed by atoms with Gasteiger partial charge in [0, 0.05) is 33.1 Å². The van der Waals surface area contributed by atoms with Crippen LogP contribution in [0.3, 0.4) is 0 Å². The number of carboxylic acid groups (broad SMARTS) is 2. The average Bonchev–Trinajstić information content (AvgIpc) is 0.800. The summed E-state index contributed by atoms with van der Waals surface area (Å²) in [6.45, 7) is 19.3. The third-order valence-corrected chi connectivity index (χ3v) is 24.3. The molecule has 0 aliphatic carbocycles. The summed E-state index contributed by atoms with van der Waals surface area (Å²) in [6, 6.07) is 22.6. The lowest BCUT2D eigenvalue weighted by molar-refractivity contribution is -0.159. The van der Waals surface area contributed by atoms with Crippen LogP contribution in [0.4, 0.5) is 4.79 Å². The van der Waals surface area contributed by atoms with E-state index in [0.717, 1.165) is 49.4 Å². The van der Waals surface area contributed by atoms with Crippen LogP contribution in [-0.4, -0.2) is 174 Å². The number of phosphoric ester groups is 2. The molecule has 0 saturated heterocycles. The number of carboxylic acids is 2. The van der Waals surface area contributed by atoms with Gasteiger partial charge in [-0.2, -0.15) is 0 Å². The molecule has 682 valence electrons. The second-order valence-corrected chi connectivity index (χ2v) is 40.8. The smallest absolute Gasteiger partial charge is 0.472 e. The lowest BCUT2D eigenvalue weighted by atomic mass is 9.96. The van der Waals surface area contributed by atoms with Gasteiger partial charge in [0.25, 0.3) is 11.1 Å². The molecule has 0 bridgehead atoms. The van der Waals surface area contributed by atoms with Crippen LogP contribution < -0.4 is 41.4 Å². The molecule has 123 heavy (non-hydrogen) atoms. The Morgan fingerprint density at radius 1 is 0.480 bits per heavy atom. The van der Waals surface area contributed by atoms with E-state index in [9.17, 15) is 71.7 Å². The van der Waals surface area contributed by atoms with Crippen LogP contribution in [0.15, 0.2) is 91.0 Å². The third-order valence-electron chi connectivity index (χ3n) is 16.8. The number of benzene rings is 5. The van der Waals surface area contributed by atoms with Crippen molar-refractivity contribution in [3.63, 3.8) is 0 Å². The van der Waals surface area contributed by atoms with Gasteiger partial charge in [-0.05, 0) is 293 Å². The van der Waals surface area contributed by atoms with Crippen molar-refractivity contribution < 1.29 is 124 Å². The van der Waals surface area contributed by atoms with Crippen molar-refractivity contribution >= 4 is 228 Å². The highest BCUT2D eigenvalue weighted by Gasteiger charge is 2.36. The molecule has 41 heteroatoms. The molecule has 32 nitrogen and oxygen atoms in total. The number of nitrogens with one attached hydrogen (secondary N) is 6. The highest BCUT2D eigenvalue weighted by atomic mass is 127. The molecule has 10 N–H and O–H groups in total. The first-order valence-electron chi connectivity index (χ1n) is 38.7. The first-order valence-corrected chi connectivity index (χ1v) is 48.5. The minimum Gasteiger partial charge on any atom is -0.495 e. The normalized spacial score (nSPS) is 13.8. The maximum atomic E-state index is 13.7. The van der Waals surface area contributed by atoms with Crippen LogP contribution in [0.1, 0.15) is 195 Å². The molecule has 0 heterocycles. The molecule has 0 saturated carbocycles. The molecule has 0 spiro atoms. The van der Waals surface area contributed by atoms with Crippen molar-refractivity contribution in [2.75, 3.05) is 53.7 Å². The van der Waals surface area contributed by atoms with E-state index in [-0.39, 0.29) is 77.0 Å². The average molecular weight is 2450 g/mol. The molecule has 0 aromatic heterocycles. The predicted molar refractivity (Wildman–Crippen MR) is 511 cm³/mol. The standard InChI is InChI=1S/C37H51I3N3O12P.C37H54N3O12P.C8H4ClI3O2/c1-21(2)16-23-11-13-24(14-12-23)22(3)34(47)41-19-25(20-54-56(50,51)53-15-9-8-10-30(45)46)42-29(44)18-28(36(49)55-37(4,5)6)43-35(48)31-26(38)17-27(39)33(52-7)32(31)40;1-25(2)20-27-15-17-29(18-16-27)26(3)34(44)38-22-30(24-51-53(47,48)50-19-11-10-14-33(42)43)39-32(41)21-31(35(45)52-37(4,5)6)40-36(46)49-23-28-12-8-7-9-13-28;1-14-7-4(11)2-3(10)5(6(7)12)8(9)13/h11-14,17,21-22,25,28H,8-10,15-16,18-20H2,1-7H3,(H,41,47)(H,42,44)(H,43,48)(H,45,46)(H,50,51);7-9,12-13,15-18,25-26,30-31H,10-11,14,19-24H2,1-6H3,(H,38,44)(H,39,41)(H,40,46)(H,42,43)(H,47,48);2H,1H3/t22-,25+,28+;26-,30+,31+;/m00./s1. The van der Waals surface area contributed by atoms with Gasteiger partial charge >= 0.3 is 45.6 Å². The molecule has 2 unspecified atom stereocenters. The van der Waals surface area contributed by atoms with Gasteiger partial charge in [0.1, 0.15) is 41.4 Å². The largest absolute Gasteiger partial charge is 0.495 e. The molecular formula is C82H109ClI6N6O26P2. The Morgan fingerprint density at radius 2 is 0.854 bits per heavy atom. The van der Waals surface area contributed by atoms with Crippen molar-refractivity contribution in [1.82, 2.24) is 31.9 Å². The SMILES string of the molecule is CC(C)Cc1ccc([C@H](C)C(=O)NC[C@H](COP(=O)(O)OCCCCC(=O)O)NC(=O)C[C@@H](NC(=O)OCc2ccccc2)C(=O)OC(C)(C)C)cc1.COc1c(I)cc(I)c(C(=O)Cl)c1I.COc1c(I)cc(I)c(C(=O)N[C@H](CC(=O)N[C@H](CNC(=O)[C@@H](C)c2ccc(CC(C)C)cc2)COP(=O)(O)OCCCCC(=O)O)C(=O)OC(C)(C)C)c1I. The summed E-state index contributed by atoms with van der Waals surface area (Å²) in [4.78, 5) is 159. The minimum atomic E-state index is -4.68. The Balaban J connectivity index is 0.000000547. The van der Waals surface area contributed by atoms with Crippen molar-refractivity contribution in [3.05, 3.63) is 151 Å². The fourth-order valence-electron chi connectivity index (χ4n) is 10.9.